The molecule has 0 aromatic rings. The van der Waals surface area contributed by atoms with Gasteiger partial charge in [0.1, 0.15) is 0 Å². The molecule has 4 nitrogen and oxygen atoms in total. The van der Waals surface area contributed by atoms with Gasteiger partial charge in [-0.05, 0) is 13.0 Å². The molecule has 1 N–H and O–H groups in total. The average Bonchev–Trinajstić information content (AvgIpc) is 2.28. The smallest absolute Gasteiger partial charge is 0.207 e. The first-order valence-corrected chi connectivity index (χ1v) is 6.29. The Bertz CT molecular complexity index is 163. The largest absolute Gasteiger partial charge is 0.374 e. The average molecular weight is 230 g/mol. The lowest BCUT2D eigenvalue weighted by molar-refractivity contribution is -0.110. The summed E-state index contributed by atoms with van der Waals surface area (Å²) >= 11 is 0. The van der Waals surface area contributed by atoms with Gasteiger partial charge in [0.15, 0.2) is 0 Å². The van der Waals surface area contributed by atoms with Crippen LogP contribution < -0.4 is 5.32 Å². The van der Waals surface area contributed by atoms with Gasteiger partial charge in [0, 0.05) is 19.6 Å². The quantitative estimate of drug-likeness (QED) is 0.723. The summed E-state index contributed by atoms with van der Waals surface area (Å²) in [4.78, 5) is 12.5. The minimum Gasteiger partial charge on any atom is -0.374 e. The van der Waals surface area contributed by atoms with E-state index >= 15 is 0 Å². The highest BCUT2D eigenvalue weighted by molar-refractivity contribution is 5.45. The second-order valence-electron chi connectivity index (χ2n) is 4.03. The molecule has 0 saturated carbocycles. The summed E-state index contributed by atoms with van der Waals surface area (Å²) in [6.07, 6.45) is 3.32. The first kappa shape index (κ1) is 15.4. The van der Waals surface area contributed by atoms with Gasteiger partial charge >= 0.3 is 0 Å². The van der Waals surface area contributed by atoms with Crippen molar-refractivity contribution >= 4 is 6.41 Å². The number of amides is 1. The van der Waals surface area contributed by atoms with Crippen molar-refractivity contribution in [1.29, 1.82) is 0 Å². The highest BCUT2D eigenvalue weighted by Gasteiger charge is 2.18. The number of rotatable bonds is 5. The first-order valence-electron chi connectivity index (χ1n) is 6.29. The Hall–Kier alpha value is -0.610. The van der Waals surface area contributed by atoms with E-state index in [0.717, 1.165) is 32.7 Å². The van der Waals surface area contributed by atoms with Crippen LogP contribution in [0.5, 0.6) is 0 Å². The first-order chi connectivity index (χ1) is 7.78. The van der Waals surface area contributed by atoms with Crippen LogP contribution in [-0.2, 0) is 9.53 Å². The summed E-state index contributed by atoms with van der Waals surface area (Å²) in [6.45, 7) is 10.9. The van der Waals surface area contributed by atoms with Crippen molar-refractivity contribution in [2.24, 2.45) is 0 Å². The zero-order chi connectivity index (χ0) is 12.2. The summed E-state index contributed by atoms with van der Waals surface area (Å²) in [6, 6.07) is 0. The van der Waals surface area contributed by atoms with E-state index in [2.05, 4.69) is 31.0 Å². The Balaban J connectivity index is 0.000000673. The van der Waals surface area contributed by atoms with Gasteiger partial charge in [0.05, 0.1) is 12.7 Å². The van der Waals surface area contributed by atoms with Crippen molar-refractivity contribution in [3.63, 3.8) is 0 Å². The third-order valence-corrected chi connectivity index (χ3v) is 2.19. The van der Waals surface area contributed by atoms with Crippen LogP contribution in [-0.4, -0.2) is 50.2 Å². The van der Waals surface area contributed by atoms with E-state index in [1.165, 1.54) is 12.8 Å². The van der Waals surface area contributed by atoms with Gasteiger partial charge in [0.2, 0.25) is 6.41 Å². The number of ether oxygens (including phenoxy) is 1. The lowest BCUT2D eigenvalue weighted by Crippen LogP contribution is -2.46. The number of hydrogen-bond donors (Lipinski definition) is 1. The van der Waals surface area contributed by atoms with Crippen molar-refractivity contribution in [2.75, 3.05) is 32.8 Å². The van der Waals surface area contributed by atoms with Crippen LogP contribution in [0.15, 0.2) is 0 Å². The topological polar surface area (TPSA) is 41.6 Å². The summed E-state index contributed by atoms with van der Waals surface area (Å²) in [5.74, 6) is 0. The standard InChI is InChI=1S/C9H18N2O2.C3H8/c1-2-3-11-4-5-13-9(7-11)6-10-8-12;1-3-2/h8-9H,2-7H2,1H3,(H,10,12);3H2,1-2H3. The molecule has 0 radical (unpaired) electrons. The van der Waals surface area contributed by atoms with Gasteiger partial charge in [-0.3, -0.25) is 9.69 Å². The molecule has 1 rings (SSSR count). The molecule has 1 fully saturated rings. The molecule has 1 amide bonds. The van der Waals surface area contributed by atoms with Crippen LogP contribution in [0.2, 0.25) is 0 Å². The monoisotopic (exact) mass is 230 g/mol. The summed E-state index contributed by atoms with van der Waals surface area (Å²) in [7, 11) is 0. The molecule has 1 atom stereocenters. The van der Waals surface area contributed by atoms with Gasteiger partial charge in [-0.25, -0.2) is 0 Å². The highest BCUT2D eigenvalue weighted by atomic mass is 16.5. The molecular weight excluding hydrogens is 204 g/mol. The normalized spacial score (nSPS) is 20.8. The zero-order valence-corrected chi connectivity index (χ0v) is 10.9. The van der Waals surface area contributed by atoms with E-state index in [1.54, 1.807) is 0 Å². The Labute approximate surface area is 99.3 Å². The van der Waals surface area contributed by atoms with Crippen molar-refractivity contribution in [1.82, 2.24) is 10.2 Å². The fourth-order valence-electron chi connectivity index (χ4n) is 1.60. The molecule has 1 heterocycles. The Morgan fingerprint density at radius 2 is 2.12 bits per heavy atom. The van der Waals surface area contributed by atoms with E-state index in [9.17, 15) is 4.79 Å². The molecular formula is C12H26N2O2. The fraction of sp³-hybridized carbons (Fsp3) is 0.917. The Morgan fingerprint density at radius 3 is 2.69 bits per heavy atom. The zero-order valence-electron chi connectivity index (χ0n) is 10.9. The van der Waals surface area contributed by atoms with Crippen LogP contribution in [0.25, 0.3) is 0 Å². The SMILES string of the molecule is CCC.CCCN1CCOC(CNC=O)C1. The minimum atomic E-state index is 0.172. The molecule has 1 unspecified atom stereocenters. The van der Waals surface area contributed by atoms with Crippen LogP contribution in [0.1, 0.15) is 33.6 Å². The Morgan fingerprint density at radius 1 is 1.44 bits per heavy atom. The van der Waals surface area contributed by atoms with E-state index in [1.807, 2.05) is 0 Å². The number of carbonyl (C=O) groups excluding carboxylic acids is 1. The van der Waals surface area contributed by atoms with Crippen molar-refractivity contribution in [3.8, 4) is 0 Å². The molecule has 0 bridgehead atoms. The third-order valence-electron chi connectivity index (χ3n) is 2.19. The minimum absolute atomic E-state index is 0.172. The van der Waals surface area contributed by atoms with Crippen LogP contribution in [0, 0.1) is 0 Å². The van der Waals surface area contributed by atoms with Gasteiger partial charge in [-0.2, -0.15) is 0 Å². The summed E-state index contributed by atoms with van der Waals surface area (Å²) < 4.78 is 5.49. The summed E-state index contributed by atoms with van der Waals surface area (Å²) in [5.41, 5.74) is 0. The molecule has 0 aliphatic carbocycles. The second kappa shape index (κ2) is 10.9. The van der Waals surface area contributed by atoms with Crippen LogP contribution >= 0.6 is 0 Å². The number of nitrogens with one attached hydrogen (secondary N) is 1. The van der Waals surface area contributed by atoms with E-state index in [-0.39, 0.29) is 6.10 Å². The maximum absolute atomic E-state index is 10.1. The van der Waals surface area contributed by atoms with Gasteiger partial charge < -0.3 is 10.1 Å². The molecule has 16 heavy (non-hydrogen) atoms. The molecule has 1 aliphatic rings. The molecule has 1 aliphatic heterocycles. The van der Waals surface area contributed by atoms with E-state index in [4.69, 9.17) is 4.74 Å². The number of carbonyl (C=O) groups is 1. The maximum Gasteiger partial charge on any atom is 0.207 e. The van der Waals surface area contributed by atoms with Crippen molar-refractivity contribution in [2.45, 2.75) is 39.7 Å². The van der Waals surface area contributed by atoms with E-state index < -0.39 is 0 Å². The maximum atomic E-state index is 10.1. The van der Waals surface area contributed by atoms with Gasteiger partial charge in [0.25, 0.3) is 0 Å². The van der Waals surface area contributed by atoms with Gasteiger partial charge in [-0.1, -0.05) is 27.2 Å². The van der Waals surface area contributed by atoms with Crippen LogP contribution in [0.3, 0.4) is 0 Å². The summed E-state index contributed by atoms with van der Waals surface area (Å²) in [5, 5.41) is 2.65. The lowest BCUT2D eigenvalue weighted by atomic mass is 10.2. The predicted molar refractivity (Wildman–Crippen MR) is 66.5 cm³/mol. The predicted octanol–water partition coefficient (Wildman–Crippen LogP) is 1.26. The van der Waals surface area contributed by atoms with Crippen molar-refractivity contribution in [3.05, 3.63) is 0 Å². The Kier molecular flexibility index (Phi) is 10.5. The lowest BCUT2D eigenvalue weighted by Gasteiger charge is -2.32. The number of morpholine rings is 1. The molecule has 96 valence electrons. The molecule has 0 spiro atoms. The third kappa shape index (κ3) is 7.65. The fourth-order valence-corrected chi connectivity index (χ4v) is 1.60. The van der Waals surface area contributed by atoms with Crippen LogP contribution in [0.4, 0.5) is 0 Å². The number of hydrogen-bond acceptors (Lipinski definition) is 3. The molecule has 0 aromatic heterocycles. The molecule has 0 aromatic carbocycles. The van der Waals surface area contributed by atoms with Gasteiger partial charge in [-0.15, -0.1) is 0 Å². The highest BCUT2D eigenvalue weighted by Crippen LogP contribution is 2.04. The number of nitrogens with zero attached hydrogens (tertiary/aromatic N) is 1. The molecule has 1 saturated heterocycles. The second-order valence-corrected chi connectivity index (χ2v) is 4.03. The van der Waals surface area contributed by atoms with Crippen molar-refractivity contribution < 1.29 is 9.53 Å². The molecule has 4 heteroatoms. The van der Waals surface area contributed by atoms with E-state index in [0.29, 0.717) is 6.54 Å².